The lowest BCUT2D eigenvalue weighted by Crippen LogP contribution is -2.04. The Kier molecular flexibility index (Phi) is 5.47. The summed E-state index contributed by atoms with van der Waals surface area (Å²) in [4.78, 5) is 4.60. The number of benzene rings is 1. The molecule has 3 heterocycles. The van der Waals surface area contributed by atoms with Crippen LogP contribution < -0.4 is 4.74 Å². The first kappa shape index (κ1) is 18.1. The van der Waals surface area contributed by atoms with Crippen LogP contribution in [0.15, 0.2) is 57.6 Å². The molecule has 0 atom stereocenters. The third-order valence-electron chi connectivity index (χ3n) is 3.75. The lowest BCUT2D eigenvalue weighted by Gasteiger charge is -2.07. The maximum absolute atomic E-state index is 6.11. The molecule has 0 aliphatic rings. The first-order valence-corrected chi connectivity index (χ1v) is 10.3. The Labute approximate surface area is 169 Å². The number of halogens is 1. The van der Waals surface area contributed by atoms with Gasteiger partial charge in [-0.05, 0) is 24.3 Å². The van der Waals surface area contributed by atoms with Crippen LogP contribution >= 0.6 is 34.7 Å². The number of aromatic nitrogens is 4. The second-order valence-electron chi connectivity index (χ2n) is 5.59. The minimum atomic E-state index is 0.299. The minimum Gasteiger partial charge on any atom is -0.484 e. The summed E-state index contributed by atoms with van der Waals surface area (Å²) in [5, 5.41) is 12.7. The van der Waals surface area contributed by atoms with E-state index in [0.29, 0.717) is 23.1 Å². The Bertz CT molecular complexity index is 1030. The van der Waals surface area contributed by atoms with Gasteiger partial charge in [0.05, 0.1) is 17.0 Å². The zero-order chi connectivity index (χ0) is 18.6. The predicted octanol–water partition coefficient (Wildman–Crippen LogP) is 5.06. The molecule has 0 unspecified atom stereocenters. The van der Waals surface area contributed by atoms with Crippen molar-refractivity contribution >= 4 is 34.7 Å². The molecule has 0 aliphatic heterocycles. The zero-order valence-electron chi connectivity index (χ0n) is 14.3. The van der Waals surface area contributed by atoms with E-state index >= 15 is 0 Å². The summed E-state index contributed by atoms with van der Waals surface area (Å²) in [6, 6.07) is 11.1. The maximum Gasteiger partial charge on any atom is 0.191 e. The van der Waals surface area contributed by atoms with Crippen molar-refractivity contribution in [2.24, 2.45) is 7.05 Å². The van der Waals surface area contributed by atoms with Gasteiger partial charge >= 0.3 is 0 Å². The SMILES string of the molecule is Cn1c(COc2ccccc2Cl)nnc1SCc1csc(-c2ccco2)n1. The predicted molar refractivity (Wildman–Crippen MR) is 106 cm³/mol. The summed E-state index contributed by atoms with van der Waals surface area (Å²) in [5.74, 6) is 2.85. The van der Waals surface area contributed by atoms with E-state index in [0.717, 1.165) is 27.4 Å². The number of ether oxygens (including phenoxy) is 1. The van der Waals surface area contributed by atoms with E-state index in [-0.39, 0.29) is 0 Å². The van der Waals surface area contributed by atoms with Gasteiger partial charge < -0.3 is 13.7 Å². The van der Waals surface area contributed by atoms with Gasteiger partial charge in [-0.3, -0.25) is 0 Å². The third-order valence-corrected chi connectivity index (χ3v) is 6.02. The second kappa shape index (κ2) is 8.16. The first-order chi connectivity index (χ1) is 13.2. The van der Waals surface area contributed by atoms with Crippen LogP contribution in [0, 0.1) is 0 Å². The van der Waals surface area contributed by atoms with E-state index in [1.165, 1.54) is 0 Å². The number of thiazole rings is 1. The van der Waals surface area contributed by atoms with Crippen LogP contribution in [0.2, 0.25) is 5.02 Å². The average Bonchev–Trinajstić information content (AvgIpc) is 3.41. The van der Waals surface area contributed by atoms with Gasteiger partial charge in [-0.15, -0.1) is 21.5 Å². The second-order valence-corrected chi connectivity index (χ2v) is 7.79. The summed E-state index contributed by atoms with van der Waals surface area (Å²) in [6.07, 6.45) is 1.65. The van der Waals surface area contributed by atoms with Gasteiger partial charge in [0.15, 0.2) is 21.7 Å². The molecule has 0 radical (unpaired) electrons. The lowest BCUT2D eigenvalue weighted by molar-refractivity contribution is 0.290. The largest absolute Gasteiger partial charge is 0.484 e. The topological polar surface area (TPSA) is 66.0 Å². The van der Waals surface area contributed by atoms with E-state index in [2.05, 4.69) is 15.2 Å². The molecule has 0 amide bonds. The highest BCUT2D eigenvalue weighted by Crippen LogP contribution is 2.28. The molecular formula is C18H15ClN4O2S2. The Balaban J connectivity index is 1.37. The van der Waals surface area contributed by atoms with E-state index in [1.54, 1.807) is 35.4 Å². The van der Waals surface area contributed by atoms with Crippen LogP contribution in [0.3, 0.4) is 0 Å². The lowest BCUT2D eigenvalue weighted by atomic mass is 10.3. The standard InChI is InChI=1S/C18H15ClN4O2S2/c1-23-16(9-25-14-6-3-2-5-13(14)19)21-22-18(23)27-11-12-10-26-17(20-12)15-7-4-8-24-15/h2-8,10H,9,11H2,1H3. The maximum atomic E-state index is 6.11. The summed E-state index contributed by atoms with van der Waals surface area (Å²) in [6.45, 7) is 0.299. The fourth-order valence-corrected chi connectivity index (χ4v) is 4.23. The van der Waals surface area contributed by atoms with Gasteiger partial charge in [-0.1, -0.05) is 35.5 Å². The molecule has 27 heavy (non-hydrogen) atoms. The fraction of sp³-hybridized carbons (Fsp3) is 0.167. The summed E-state index contributed by atoms with van der Waals surface area (Å²) in [7, 11) is 1.92. The van der Waals surface area contributed by atoms with Crippen LogP contribution in [0.4, 0.5) is 0 Å². The monoisotopic (exact) mass is 418 g/mol. The van der Waals surface area contributed by atoms with Crippen LogP contribution in [-0.4, -0.2) is 19.7 Å². The minimum absolute atomic E-state index is 0.299. The molecule has 0 saturated carbocycles. The molecule has 0 aliphatic carbocycles. The smallest absolute Gasteiger partial charge is 0.191 e. The van der Waals surface area contributed by atoms with Crippen LogP contribution in [-0.2, 0) is 19.4 Å². The van der Waals surface area contributed by atoms with Crippen molar-refractivity contribution in [1.29, 1.82) is 0 Å². The zero-order valence-corrected chi connectivity index (χ0v) is 16.7. The van der Waals surface area contributed by atoms with Gasteiger partial charge in [0.25, 0.3) is 0 Å². The Hall–Kier alpha value is -2.29. The Morgan fingerprint density at radius 2 is 2.11 bits per heavy atom. The average molecular weight is 419 g/mol. The molecule has 6 nitrogen and oxygen atoms in total. The van der Waals surface area contributed by atoms with Crippen molar-refractivity contribution < 1.29 is 9.15 Å². The highest BCUT2D eigenvalue weighted by molar-refractivity contribution is 7.98. The number of furan rings is 1. The van der Waals surface area contributed by atoms with Gasteiger partial charge in [-0.25, -0.2) is 4.98 Å². The Morgan fingerprint density at radius 3 is 2.93 bits per heavy atom. The van der Waals surface area contributed by atoms with Crippen molar-refractivity contribution in [3.63, 3.8) is 0 Å². The number of para-hydroxylation sites is 1. The van der Waals surface area contributed by atoms with Crippen molar-refractivity contribution in [1.82, 2.24) is 19.7 Å². The molecule has 1 aromatic carbocycles. The van der Waals surface area contributed by atoms with Gasteiger partial charge in [0.2, 0.25) is 0 Å². The normalized spacial score (nSPS) is 11.0. The summed E-state index contributed by atoms with van der Waals surface area (Å²) < 4.78 is 13.0. The highest BCUT2D eigenvalue weighted by Gasteiger charge is 2.13. The third kappa shape index (κ3) is 4.18. The number of rotatable bonds is 7. The van der Waals surface area contributed by atoms with Crippen LogP contribution in [0.25, 0.3) is 10.8 Å². The van der Waals surface area contributed by atoms with E-state index in [4.69, 9.17) is 20.8 Å². The van der Waals surface area contributed by atoms with E-state index < -0.39 is 0 Å². The Morgan fingerprint density at radius 1 is 1.22 bits per heavy atom. The molecule has 0 bridgehead atoms. The molecule has 4 aromatic rings. The fourth-order valence-electron chi connectivity index (χ4n) is 2.33. The molecule has 9 heteroatoms. The molecule has 3 aromatic heterocycles. The molecule has 4 rings (SSSR count). The van der Waals surface area contributed by atoms with Crippen molar-refractivity contribution in [3.8, 4) is 16.5 Å². The highest BCUT2D eigenvalue weighted by atomic mass is 35.5. The van der Waals surface area contributed by atoms with Crippen molar-refractivity contribution in [2.45, 2.75) is 17.5 Å². The molecular weight excluding hydrogens is 404 g/mol. The van der Waals surface area contributed by atoms with Crippen molar-refractivity contribution in [3.05, 3.63) is 64.6 Å². The quantitative estimate of drug-likeness (QED) is 0.391. The molecule has 0 spiro atoms. The summed E-state index contributed by atoms with van der Waals surface area (Å²) >= 11 is 9.25. The van der Waals surface area contributed by atoms with Gasteiger partial charge in [-0.2, -0.15) is 0 Å². The number of thioether (sulfide) groups is 1. The van der Waals surface area contributed by atoms with Gasteiger partial charge in [0, 0.05) is 18.2 Å². The first-order valence-electron chi connectivity index (χ1n) is 8.07. The van der Waals surface area contributed by atoms with Crippen LogP contribution in [0.1, 0.15) is 11.5 Å². The number of hydrogen-bond donors (Lipinski definition) is 0. The van der Waals surface area contributed by atoms with Crippen LogP contribution in [0.5, 0.6) is 5.75 Å². The number of nitrogens with zero attached hydrogens (tertiary/aromatic N) is 4. The van der Waals surface area contributed by atoms with E-state index in [9.17, 15) is 0 Å². The molecule has 138 valence electrons. The molecule has 0 saturated heterocycles. The summed E-state index contributed by atoms with van der Waals surface area (Å²) in [5.41, 5.74) is 0.980. The van der Waals surface area contributed by atoms with Gasteiger partial charge in [0.1, 0.15) is 12.4 Å². The van der Waals surface area contributed by atoms with Crippen molar-refractivity contribution in [2.75, 3.05) is 0 Å². The molecule has 0 N–H and O–H groups in total. The molecule has 0 fully saturated rings. The number of hydrogen-bond acceptors (Lipinski definition) is 7. The van der Waals surface area contributed by atoms with E-state index in [1.807, 2.05) is 47.3 Å².